The Kier molecular flexibility index (Phi) is 5.57. The summed E-state index contributed by atoms with van der Waals surface area (Å²) >= 11 is 0. The van der Waals surface area contributed by atoms with Crippen LogP contribution in [0.2, 0.25) is 0 Å². The third-order valence-corrected chi connectivity index (χ3v) is 5.10. The van der Waals surface area contributed by atoms with Crippen LogP contribution in [0.5, 0.6) is 5.75 Å². The van der Waals surface area contributed by atoms with Crippen molar-refractivity contribution in [2.75, 3.05) is 51.3 Å². The van der Waals surface area contributed by atoms with Gasteiger partial charge in [0.2, 0.25) is 0 Å². The minimum absolute atomic E-state index is 0.0181. The van der Waals surface area contributed by atoms with Crippen LogP contribution >= 0.6 is 0 Å². The van der Waals surface area contributed by atoms with Crippen LogP contribution < -0.4 is 15.0 Å². The topological polar surface area (TPSA) is 85.3 Å². The lowest BCUT2D eigenvalue weighted by atomic mass is 10.1. The highest BCUT2D eigenvalue weighted by Gasteiger charge is 2.44. The fourth-order valence-corrected chi connectivity index (χ4v) is 3.55. The Morgan fingerprint density at radius 1 is 1.19 bits per heavy atom. The van der Waals surface area contributed by atoms with Crippen molar-refractivity contribution in [3.8, 4) is 5.75 Å². The first kappa shape index (κ1) is 19.4. The predicted octanol–water partition coefficient (Wildman–Crippen LogP) is 0.509. The zero-order valence-electron chi connectivity index (χ0n) is 16.1. The number of β-amino-alcohol motifs (C(OH)–C–C–N with tert-alkyl or cyclic N) is 1. The Morgan fingerprint density at radius 3 is 2.48 bits per heavy atom. The van der Waals surface area contributed by atoms with Gasteiger partial charge >= 0.3 is 6.03 Å². The van der Waals surface area contributed by atoms with Crippen molar-refractivity contribution < 1.29 is 19.4 Å². The molecule has 3 amide bonds. The number of carbonyl (C=O) groups is 2. The van der Waals surface area contributed by atoms with E-state index in [1.54, 1.807) is 21.0 Å². The number of anilines is 1. The fourth-order valence-electron chi connectivity index (χ4n) is 3.55. The van der Waals surface area contributed by atoms with Gasteiger partial charge in [-0.25, -0.2) is 4.79 Å². The van der Waals surface area contributed by atoms with E-state index in [9.17, 15) is 14.7 Å². The van der Waals surface area contributed by atoms with Gasteiger partial charge in [-0.2, -0.15) is 0 Å². The van der Waals surface area contributed by atoms with Crippen molar-refractivity contribution in [3.05, 3.63) is 24.3 Å². The number of urea groups is 1. The van der Waals surface area contributed by atoms with E-state index in [1.165, 1.54) is 0 Å². The molecule has 0 spiro atoms. The number of nitrogens with one attached hydrogen (secondary N) is 1. The number of rotatable bonds is 6. The molecule has 8 heteroatoms. The normalized spacial score (nSPS) is 21.3. The third kappa shape index (κ3) is 4.33. The summed E-state index contributed by atoms with van der Waals surface area (Å²) in [5.41, 5.74) is 0.218. The lowest BCUT2D eigenvalue weighted by molar-refractivity contribution is -0.131. The van der Waals surface area contributed by atoms with Crippen molar-refractivity contribution in [2.24, 2.45) is 0 Å². The summed E-state index contributed by atoms with van der Waals surface area (Å²) in [6.07, 6.45) is -0.767. The van der Waals surface area contributed by atoms with Gasteiger partial charge in [0.05, 0.1) is 19.8 Å². The quantitative estimate of drug-likeness (QED) is 0.704. The molecule has 148 valence electrons. The number of ether oxygens (including phenoxy) is 1. The number of methoxy groups -OCH3 is 1. The van der Waals surface area contributed by atoms with E-state index in [0.717, 1.165) is 42.5 Å². The Morgan fingerprint density at radius 2 is 1.89 bits per heavy atom. The van der Waals surface area contributed by atoms with Crippen LogP contribution in [0.3, 0.4) is 0 Å². The maximum Gasteiger partial charge on any atom is 0.325 e. The molecule has 2 fully saturated rings. The second-order valence-electron chi connectivity index (χ2n) is 7.61. The van der Waals surface area contributed by atoms with Gasteiger partial charge in [-0.3, -0.25) is 14.6 Å². The second-order valence-corrected chi connectivity index (χ2v) is 7.61. The standard InChI is InChI=1S/C19H28N4O4/c1-19(2)17(25)23(18(26)20-19)13-15(24)12-21-7-9-22(10-8-21)14-5-4-6-16(11-14)27-3/h4-6,11,15,24H,7-10,12-13H2,1-3H3,(H,20,26). The van der Waals surface area contributed by atoms with Gasteiger partial charge < -0.3 is 20.1 Å². The molecular weight excluding hydrogens is 348 g/mol. The van der Waals surface area contributed by atoms with Gasteiger partial charge in [0.25, 0.3) is 5.91 Å². The molecule has 0 bridgehead atoms. The Labute approximate surface area is 159 Å². The number of benzene rings is 1. The van der Waals surface area contributed by atoms with E-state index in [1.807, 2.05) is 18.2 Å². The van der Waals surface area contributed by atoms with E-state index in [2.05, 4.69) is 21.2 Å². The molecule has 2 N–H and O–H groups in total. The summed E-state index contributed by atoms with van der Waals surface area (Å²) in [6, 6.07) is 7.54. The number of imide groups is 1. The molecule has 1 aromatic rings. The van der Waals surface area contributed by atoms with Crippen molar-refractivity contribution in [1.82, 2.24) is 15.1 Å². The summed E-state index contributed by atoms with van der Waals surface area (Å²) in [7, 11) is 1.66. The largest absolute Gasteiger partial charge is 0.497 e. The first-order chi connectivity index (χ1) is 12.8. The van der Waals surface area contributed by atoms with Crippen molar-refractivity contribution in [3.63, 3.8) is 0 Å². The molecule has 1 unspecified atom stereocenters. The molecule has 2 saturated heterocycles. The van der Waals surface area contributed by atoms with Crippen LogP contribution in [-0.2, 0) is 4.79 Å². The van der Waals surface area contributed by atoms with Crippen LogP contribution in [0.1, 0.15) is 13.8 Å². The van der Waals surface area contributed by atoms with Gasteiger partial charge in [0.15, 0.2) is 0 Å². The maximum atomic E-state index is 12.2. The van der Waals surface area contributed by atoms with E-state index in [4.69, 9.17) is 4.74 Å². The minimum Gasteiger partial charge on any atom is -0.497 e. The summed E-state index contributed by atoms with van der Waals surface area (Å²) in [5.74, 6) is 0.538. The molecule has 2 aliphatic heterocycles. The molecule has 8 nitrogen and oxygen atoms in total. The molecule has 1 aromatic carbocycles. The average molecular weight is 376 g/mol. The fraction of sp³-hybridized carbons (Fsp3) is 0.579. The summed E-state index contributed by atoms with van der Waals surface area (Å²) < 4.78 is 5.28. The molecule has 2 heterocycles. The van der Waals surface area contributed by atoms with Crippen LogP contribution in [0.15, 0.2) is 24.3 Å². The molecule has 27 heavy (non-hydrogen) atoms. The average Bonchev–Trinajstić information content (AvgIpc) is 2.84. The number of amides is 3. The Bertz CT molecular complexity index is 701. The number of aliphatic hydroxyl groups is 1. The van der Waals surface area contributed by atoms with E-state index < -0.39 is 17.7 Å². The number of hydrogen-bond donors (Lipinski definition) is 2. The number of aliphatic hydroxyl groups excluding tert-OH is 1. The highest BCUT2D eigenvalue weighted by Crippen LogP contribution is 2.22. The highest BCUT2D eigenvalue weighted by molar-refractivity contribution is 6.06. The second kappa shape index (κ2) is 7.74. The molecule has 2 aliphatic rings. The summed E-state index contributed by atoms with van der Waals surface area (Å²) in [5, 5.41) is 13.0. The number of piperazine rings is 1. The highest BCUT2D eigenvalue weighted by atomic mass is 16.5. The van der Waals surface area contributed by atoms with Gasteiger partial charge in [-0.05, 0) is 26.0 Å². The van der Waals surface area contributed by atoms with Gasteiger partial charge in [-0.15, -0.1) is 0 Å². The van der Waals surface area contributed by atoms with Gasteiger partial charge in [0, 0.05) is 44.5 Å². The van der Waals surface area contributed by atoms with Crippen molar-refractivity contribution >= 4 is 17.6 Å². The van der Waals surface area contributed by atoms with E-state index in [0.29, 0.717) is 6.54 Å². The zero-order valence-corrected chi connectivity index (χ0v) is 16.1. The molecule has 3 rings (SSSR count). The third-order valence-electron chi connectivity index (χ3n) is 5.10. The van der Waals surface area contributed by atoms with E-state index in [-0.39, 0.29) is 12.5 Å². The maximum absolute atomic E-state index is 12.2. The molecule has 1 atom stereocenters. The van der Waals surface area contributed by atoms with Crippen molar-refractivity contribution in [2.45, 2.75) is 25.5 Å². The molecule has 0 aromatic heterocycles. The smallest absolute Gasteiger partial charge is 0.325 e. The van der Waals surface area contributed by atoms with Gasteiger partial charge in [0.1, 0.15) is 11.3 Å². The van der Waals surface area contributed by atoms with Crippen LogP contribution in [-0.4, -0.2) is 84.9 Å². The van der Waals surface area contributed by atoms with Crippen LogP contribution in [0.4, 0.5) is 10.5 Å². The monoisotopic (exact) mass is 376 g/mol. The van der Waals surface area contributed by atoms with Crippen molar-refractivity contribution in [1.29, 1.82) is 0 Å². The number of hydrogen-bond acceptors (Lipinski definition) is 6. The Balaban J connectivity index is 1.49. The molecule has 0 saturated carbocycles. The first-order valence-corrected chi connectivity index (χ1v) is 9.23. The zero-order chi connectivity index (χ0) is 19.6. The van der Waals surface area contributed by atoms with Gasteiger partial charge in [-0.1, -0.05) is 6.07 Å². The number of carbonyl (C=O) groups excluding carboxylic acids is 2. The minimum atomic E-state index is -0.904. The molecular formula is C19H28N4O4. The molecule has 0 radical (unpaired) electrons. The van der Waals surface area contributed by atoms with E-state index >= 15 is 0 Å². The van der Waals surface area contributed by atoms with Crippen LogP contribution in [0, 0.1) is 0 Å². The SMILES string of the molecule is COc1cccc(N2CCN(CC(O)CN3C(=O)NC(C)(C)C3=O)CC2)c1. The lowest BCUT2D eigenvalue weighted by Crippen LogP contribution is -2.50. The lowest BCUT2D eigenvalue weighted by Gasteiger charge is -2.37. The first-order valence-electron chi connectivity index (χ1n) is 9.23. The van der Waals surface area contributed by atoms with Crippen LogP contribution in [0.25, 0.3) is 0 Å². The Hall–Kier alpha value is -2.32. The summed E-state index contributed by atoms with van der Waals surface area (Å²) in [6.45, 7) is 7.08. The number of nitrogens with zero attached hydrogens (tertiary/aromatic N) is 3. The predicted molar refractivity (Wildman–Crippen MR) is 102 cm³/mol. The molecule has 0 aliphatic carbocycles. The summed E-state index contributed by atoms with van der Waals surface area (Å²) in [4.78, 5) is 29.7.